The zero-order valence-corrected chi connectivity index (χ0v) is 19.9. The number of aromatic nitrogens is 4. The Hall–Kier alpha value is -3.62. The molecule has 0 aliphatic carbocycles. The van der Waals surface area contributed by atoms with Crippen molar-refractivity contribution in [3.63, 3.8) is 0 Å². The highest BCUT2D eigenvalue weighted by molar-refractivity contribution is 5.95. The molecule has 3 aromatic heterocycles. The van der Waals surface area contributed by atoms with Crippen LogP contribution in [0.1, 0.15) is 48.5 Å². The van der Waals surface area contributed by atoms with Gasteiger partial charge in [0.2, 0.25) is 5.62 Å². The Labute approximate surface area is 203 Å². The summed E-state index contributed by atoms with van der Waals surface area (Å²) in [6.45, 7) is 5.28. The van der Waals surface area contributed by atoms with Gasteiger partial charge in [0.1, 0.15) is 0 Å². The first-order valence-corrected chi connectivity index (χ1v) is 11.9. The van der Waals surface area contributed by atoms with E-state index in [1.165, 1.54) is 5.56 Å². The highest BCUT2D eigenvalue weighted by Gasteiger charge is 2.20. The normalized spacial score (nSPS) is 17.1. The minimum Gasteiger partial charge on any atom is -0.389 e. The van der Waals surface area contributed by atoms with Crippen molar-refractivity contribution in [1.29, 1.82) is 0 Å². The van der Waals surface area contributed by atoms with Gasteiger partial charge in [0.25, 0.3) is 5.91 Å². The van der Waals surface area contributed by atoms with Crippen molar-refractivity contribution in [3.05, 3.63) is 77.8 Å². The van der Waals surface area contributed by atoms with E-state index in [-0.39, 0.29) is 6.54 Å². The van der Waals surface area contributed by atoms with Crippen LogP contribution in [0, 0.1) is 0 Å². The van der Waals surface area contributed by atoms with Crippen molar-refractivity contribution in [2.45, 2.75) is 44.8 Å². The van der Waals surface area contributed by atoms with Crippen LogP contribution in [0.25, 0.3) is 22.3 Å². The smallest absolute Gasteiger partial charge is 0.280 e. The van der Waals surface area contributed by atoms with Crippen LogP contribution in [0.3, 0.4) is 0 Å². The van der Waals surface area contributed by atoms with Crippen LogP contribution in [-0.4, -0.2) is 49.3 Å². The number of carbonyl (C=O) groups excluding carboxylic acids is 1. The van der Waals surface area contributed by atoms with E-state index >= 15 is 0 Å². The first kappa shape index (κ1) is 23.1. The maximum absolute atomic E-state index is 13.2. The lowest BCUT2D eigenvalue weighted by Gasteiger charge is -2.22. The van der Waals surface area contributed by atoms with Gasteiger partial charge in [-0.15, -0.1) is 0 Å². The number of carbonyl (C=O) groups is 1. The fourth-order valence-corrected chi connectivity index (χ4v) is 4.48. The van der Waals surface area contributed by atoms with Crippen LogP contribution in [0.4, 0.5) is 0 Å². The van der Waals surface area contributed by atoms with Crippen LogP contribution in [0.2, 0.25) is 0 Å². The van der Waals surface area contributed by atoms with Gasteiger partial charge in [0, 0.05) is 42.2 Å². The van der Waals surface area contributed by atoms with E-state index in [1.54, 1.807) is 44.6 Å². The summed E-state index contributed by atoms with van der Waals surface area (Å²) < 4.78 is 7.52. The molecular weight excluding hydrogens is 442 g/mol. The molecule has 8 nitrogen and oxygen atoms in total. The van der Waals surface area contributed by atoms with Crippen LogP contribution in [0.15, 0.2) is 66.0 Å². The topological polar surface area (TPSA) is 105 Å². The number of hydrogen-bond donors (Lipinski definition) is 2. The second-order valence-electron chi connectivity index (χ2n) is 9.63. The summed E-state index contributed by atoms with van der Waals surface area (Å²) in [5.74, 6) is -0.0431. The first-order valence-electron chi connectivity index (χ1n) is 11.9. The van der Waals surface area contributed by atoms with Crippen molar-refractivity contribution in [1.82, 2.24) is 19.5 Å². The van der Waals surface area contributed by atoms with Gasteiger partial charge in [-0.1, -0.05) is 6.07 Å². The quantitative estimate of drug-likeness (QED) is 0.460. The molecule has 1 aliphatic rings. The molecule has 1 fully saturated rings. The Morgan fingerprint density at radius 2 is 2.14 bits per heavy atom. The van der Waals surface area contributed by atoms with Crippen molar-refractivity contribution in [2.24, 2.45) is 4.99 Å². The summed E-state index contributed by atoms with van der Waals surface area (Å²) in [4.78, 5) is 29.4. The van der Waals surface area contributed by atoms with E-state index in [4.69, 9.17) is 4.74 Å². The summed E-state index contributed by atoms with van der Waals surface area (Å²) >= 11 is 0. The lowest BCUT2D eigenvalue weighted by Crippen LogP contribution is -2.32. The Kier molecular flexibility index (Phi) is 6.32. The molecule has 4 heterocycles. The second-order valence-corrected chi connectivity index (χ2v) is 9.63. The van der Waals surface area contributed by atoms with Gasteiger partial charge < -0.3 is 19.4 Å². The number of hydrogen-bond acceptors (Lipinski definition) is 5. The molecule has 5 rings (SSSR count). The summed E-state index contributed by atoms with van der Waals surface area (Å²) in [7, 11) is 0. The predicted octanol–water partition coefficient (Wildman–Crippen LogP) is 3.83. The third kappa shape index (κ3) is 5.23. The van der Waals surface area contributed by atoms with Gasteiger partial charge in [-0.25, -0.2) is 0 Å². The van der Waals surface area contributed by atoms with Gasteiger partial charge in [0.05, 0.1) is 35.5 Å². The molecule has 1 aliphatic heterocycles. The number of amides is 1. The molecular formula is C27H29N5O3. The zero-order chi connectivity index (χ0) is 24.4. The Bertz CT molecular complexity index is 1410. The van der Waals surface area contributed by atoms with Gasteiger partial charge in [-0.2, -0.15) is 4.99 Å². The van der Waals surface area contributed by atoms with Crippen molar-refractivity contribution < 1.29 is 14.6 Å². The molecule has 0 saturated carbocycles. The standard InChI is InChI=1S/C27H29N5O3/c1-27(2,34)17-32-24-8-7-18(21-6-4-12-35-16-21)13-23(24)30-26(32)31-25(33)19-9-11-29-22(14-19)20-5-3-10-28-15-20/h3,5,7-11,13-15,21,34H,4,6,12,16-17H2,1-2H3,(H,30,31,33). The maximum Gasteiger partial charge on any atom is 0.280 e. The molecule has 1 aromatic carbocycles. The van der Waals surface area contributed by atoms with Crippen molar-refractivity contribution in [3.8, 4) is 11.3 Å². The van der Waals surface area contributed by atoms with Gasteiger partial charge in [-0.05, 0) is 68.7 Å². The number of nitrogens with zero attached hydrogens (tertiary/aromatic N) is 4. The third-order valence-corrected chi connectivity index (χ3v) is 6.16. The van der Waals surface area contributed by atoms with Gasteiger partial charge >= 0.3 is 0 Å². The minimum absolute atomic E-state index is 0.280. The van der Waals surface area contributed by atoms with E-state index < -0.39 is 11.5 Å². The van der Waals surface area contributed by atoms with Crippen LogP contribution >= 0.6 is 0 Å². The number of imidazole rings is 1. The SMILES string of the molecule is CC(C)(O)Cn1/c(=N/C(=O)c2ccnc(-c3cccnc3)c2)[nH]c2cc(C3CCCOC3)ccc21. The molecule has 1 unspecified atom stereocenters. The molecule has 4 aromatic rings. The first-order chi connectivity index (χ1) is 16.9. The average Bonchev–Trinajstić information content (AvgIpc) is 3.19. The number of ether oxygens (including phenoxy) is 1. The third-order valence-electron chi connectivity index (χ3n) is 6.16. The van der Waals surface area contributed by atoms with Crippen LogP contribution < -0.4 is 5.62 Å². The van der Waals surface area contributed by atoms with E-state index in [2.05, 4.69) is 32.1 Å². The molecule has 0 bridgehead atoms. The van der Waals surface area contributed by atoms with Crippen molar-refractivity contribution in [2.75, 3.05) is 13.2 Å². The molecule has 0 radical (unpaired) electrons. The Morgan fingerprint density at radius 3 is 2.89 bits per heavy atom. The molecule has 0 spiro atoms. The van der Waals surface area contributed by atoms with E-state index in [1.807, 2.05) is 22.8 Å². The fourth-order valence-electron chi connectivity index (χ4n) is 4.48. The molecule has 180 valence electrons. The molecule has 8 heteroatoms. The van der Waals surface area contributed by atoms with Crippen molar-refractivity contribution >= 4 is 16.9 Å². The number of aromatic amines is 1. The number of pyridine rings is 2. The number of H-pyrrole nitrogens is 1. The number of nitrogens with one attached hydrogen (secondary N) is 1. The predicted molar refractivity (Wildman–Crippen MR) is 133 cm³/mol. The highest BCUT2D eigenvalue weighted by atomic mass is 16.5. The lowest BCUT2D eigenvalue weighted by molar-refractivity contribution is 0.0612. The number of rotatable bonds is 5. The fraction of sp³-hybridized carbons (Fsp3) is 0.333. The zero-order valence-electron chi connectivity index (χ0n) is 19.9. The van der Waals surface area contributed by atoms with E-state index in [0.29, 0.717) is 29.4 Å². The number of aliphatic hydroxyl groups is 1. The highest BCUT2D eigenvalue weighted by Crippen LogP contribution is 2.27. The van der Waals surface area contributed by atoms with Crippen LogP contribution in [-0.2, 0) is 11.3 Å². The largest absolute Gasteiger partial charge is 0.389 e. The Morgan fingerprint density at radius 1 is 1.26 bits per heavy atom. The van der Waals surface area contributed by atoms with E-state index in [0.717, 1.165) is 36.0 Å². The average molecular weight is 472 g/mol. The minimum atomic E-state index is -0.993. The Balaban J connectivity index is 1.55. The molecule has 1 atom stereocenters. The summed E-state index contributed by atoms with van der Waals surface area (Å²) in [5, 5.41) is 10.6. The molecule has 35 heavy (non-hydrogen) atoms. The number of benzene rings is 1. The molecule has 1 amide bonds. The van der Waals surface area contributed by atoms with Gasteiger partial charge in [0.15, 0.2) is 0 Å². The maximum atomic E-state index is 13.2. The summed E-state index contributed by atoms with van der Waals surface area (Å²) in [6.07, 6.45) is 7.14. The number of fused-ring (bicyclic) bond motifs is 1. The molecule has 1 saturated heterocycles. The monoisotopic (exact) mass is 471 g/mol. The lowest BCUT2D eigenvalue weighted by atomic mass is 9.93. The second kappa shape index (κ2) is 9.56. The van der Waals surface area contributed by atoms with E-state index in [9.17, 15) is 9.90 Å². The summed E-state index contributed by atoms with van der Waals surface area (Å²) in [6, 6.07) is 13.3. The molecule has 2 N–H and O–H groups in total. The van der Waals surface area contributed by atoms with Gasteiger partial charge in [-0.3, -0.25) is 14.8 Å². The van der Waals surface area contributed by atoms with Crippen LogP contribution in [0.5, 0.6) is 0 Å². The summed E-state index contributed by atoms with van der Waals surface area (Å²) in [5.41, 5.74) is 4.24.